The molecule has 174 valence electrons. The van der Waals surface area contributed by atoms with Crippen molar-refractivity contribution in [3.63, 3.8) is 0 Å². The Labute approximate surface area is 190 Å². The third-order valence-electron chi connectivity index (χ3n) is 6.18. The summed E-state index contributed by atoms with van der Waals surface area (Å²) in [6, 6.07) is 12.4. The lowest BCUT2D eigenvalue weighted by Crippen LogP contribution is -2.48. The van der Waals surface area contributed by atoms with E-state index in [9.17, 15) is 14.7 Å². The normalized spacial score (nSPS) is 21.3. The molecule has 0 spiro atoms. The molecule has 1 amide bonds. The fourth-order valence-electron chi connectivity index (χ4n) is 4.46. The van der Waals surface area contributed by atoms with E-state index in [1.807, 2.05) is 32.2 Å². The van der Waals surface area contributed by atoms with Crippen LogP contribution >= 0.6 is 0 Å². The van der Waals surface area contributed by atoms with Crippen molar-refractivity contribution < 1.29 is 28.9 Å². The second kappa shape index (κ2) is 10.0. The van der Waals surface area contributed by atoms with Crippen molar-refractivity contribution >= 4 is 19.9 Å². The number of aliphatic hydroxyl groups is 1. The molecule has 0 saturated carbocycles. The van der Waals surface area contributed by atoms with Gasteiger partial charge in [0.05, 0.1) is 13.2 Å². The number of fused-ring (bicyclic) bond motifs is 1. The fourth-order valence-corrected chi connectivity index (χ4v) is 6.47. The molecule has 3 N–H and O–H groups in total. The molecular weight excluding hydrogens is 426 g/mol. The first-order valence-electron chi connectivity index (χ1n) is 10.8. The second-order valence-corrected chi connectivity index (χ2v) is 12.9. The topological polar surface area (TPSA) is 97.3 Å². The second-order valence-electron chi connectivity index (χ2n) is 8.81. The molecule has 32 heavy (non-hydrogen) atoms. The van der Waals surface area contributed by atoms with Crippen LogP contribution in [-0.2, 0) is 4.74 Å². The van der Waals surface area contributed by atoms with Crippen LogP contribution in [0, 0.1) is 5.92 Å². The molecule has 1 unspecified atom stereocenters. The van der Waals surface area contributed by atoms with Crippen LogP contribution in [0.5, 0.6) is 11.5 Å². The van der Waals surface area contributed by atoms with Gasteiger partial charge in [0.25, 0.3) is 5.91 Å². The minimum Gasteiger partial charge on any atom is -0.497 e. The number of ether oxygens (including phenoxy) is 3. The number of aliphatic hydroxyl groups excluding tert-OH is 1. The van der Waals surface area contributed by atoms with Crippen LogP contribution in [0.4, 0.5) is 5.69 Å². The zero-order valence-electron chi connectivity index (χ0n) is 19.3. The summed E-state index contributed by atoms with van der Waals surface area (Å²) in [5.41, 5.74) is 1.88. The molecule has 2 aromatic rings. The van der Waals surface area contributed by atoms with Crippen molar-refractivity contribution in [2.45, 2.75) is 44.2 Å². The van der Waals surface area contributed by atoms with Crippen LogP contribution in [0.15, 0.2) is 42.5 Å². The highest BCUT2D eigenvalue weighted by Crippen LogP contribution is 2.47. The lowest BCUT2D eigenvalue weighted by atomic mass is 9.86. The first-order chi connectivity index (χ1) is 15.2. The predicted octanol–water partition coefficient (Wildman–Crippen LogP) is 3.98. The quantitative estimate of drug-likeness (QED) is 0.517. The summed E-state index contributed by atoms with van der Waals surface area (Å²) in [6.45, 7) is 5.78. The number of hydrogen-bond donors (Lipinski definition) is 3. The molecule has 0 bridgehead atoms. The van der Waals surface area contributed by atoms with E-state index < -0.39 is 8.32 Å². The summed E-state index contributed by atoms with van der Waals surface area (Å²) in [7, 11) is 0.648. The average Bonchev–Trinajstić information content (AvgIpc) is 2.76. The van der Waals surface area contributed by atoms with E-state index in [0.717, 1.165) is 5.56 Å². The first-order valence-corrected chi connectivity index (χ1v) is 13.8. The van der Waals surface area contributed by atoms with Crippen molar-refractivity contribution in [1.29, 1.82) is 0 Å². The first kappa shape index (κ1) is 24.3. The van der Waals surface area contributed by atoms with E-state index >= 15 is 0 Å². The maximum absolute atomic E-state index is 12.7. The van der Waals surface area contributed by atoms with Gasteiger partial charge in [0, 0.05) is 42.0 Å². The molecule has 8 heteroatoms. The van der Waals surface area contributed by atoms with Crippen LogP contribution in [0.3, 0.4) is 0 Å². The molecule has 2 aromatic carbocycles. The van der Waals surface area contributed by atoms with Gasteiger partial charge in [0.2, 0.25) is 0 Å². The van der Waals surface area contributed by atoms with Gasteiger partial charge in [0.1, 0.15) is 17.6 Å². The Morgan fingerprint density at radius 2 is 1.88 bits per heavy atom. The molecule has 0 saturated heterocycles. The Balaban J connectivity index is 1.85. The molecule has 0 aliphatic carbocycles. The van der Waals surface area contributed by atoms with Crippen molar-refractivity contribution in [2.75, 3.05) is 26.1 Å². The largest absolute Gasteiger partial charge is 0.497 e. The minimum absolute atomic E-state index is 0.00489. The van der Waals surface area contributed by atoms with Gasteiger partial charge in [-0.15, -0.1) is 0 Å². The highest BCUT2D eigenvalue weighted by Gasteiger charge is 2.46. The highest BCUT2D eigenvalue weighted by molar-refractivity contribution is 6.71. The number of carbonyl (C=O) groups excluding carboxylic acids is 1. The average molecular weight is 460 g/mol. The van der Waals surface area contributed by atoms with E-state index in [1.165, 1.54) is 0 Å². The summed E-state index contributed by atoms with van der Waals surface area (Å²) in [5, 5.41) is 12.5. The molecule has 4 atom stereocenters. The van der Waals surface area contributed by atoms with E-state index in [0.29, 0.717) is 29.2 Å². The Kier molecular flexibility index (Phi) is 7.61. The summed E-state index contributed by atoms with van der Waals surface area (Å²) < 4.78 is 17.3. The van der Waals surface area contributed by atoms with Crippen LogP contribution in [-0.4, -0.2) is 51.1 Å². The van der Waals surface area contributed by atoms with Gasteiger partial charge in [0.15, 0.2) is 8.32 Å². The van der Waals surface area contributed by atoms with Gasteiger partial charge in [-0.25, -0.2) is 0 Å². The predicted molar refractivity (Wildman–Crippen MR) is 126 cm³/mol. The Morgan fingerprint density at radius 3 is 2.44 bits per heavy atom. The minimum atomic E-state index is -2.58. The number of amides is 1. The SMILES string of the molecule is COc1ccc(C(=O)Nc2ccc3c(c2)[C@H](OC)[C@@H](C)[C@H](C(CCO)[Si](C)(C)O)O3)cc1. The molecule has 0 fully saturated rings. The van der Waals surface area contributed by atoms with Crippen molar-refractivity contribution in [2.24, 2.45) is 5.92 Å². The number of rotatable bonds is 8. The van der Waals surface area contributed by atoms with Gasteiger partial charge in [-0.2, -0.15) is 0 Å². The molecule has 1 aliphatic heterocycles. The summed E-state index contributed by atoms with van der Waals surface area (Å²) in [6.07, 6.45) is -0.0582. The van der Waals surface area contributed by atoms with Crippen LogP contribution in [0.1, 0.15) is 35.4 Å². The van der Waals surface area contributed by atoms with Gasteiger partial charge < -0.3 is 29.4 Å². The molecule has 1 aliphatic rings. The monoisotopic (exact) mass is 459 g/mol. The van der Waals surface area contributed by atoms with Gasteiger partial charge in [-0.05, 0) is 62.0 Å². The third kappa shape index (κ3) is 5.15. The highest BCUT2D eigenvalue weighted by atomic mass is 28.4. The molecular formula is C24H33NO6Si. The van der Waals surface area contributed by atoms with Crippen LogP contribution in [0.2, 0.25) is 18.6 Å². The number of anilines is 1. The maximum Gasteiger partial charge on any atom is 0.255 e. The number of hydrogen-bond acceptors (Lipinski definition) is 6. The smallest absolute Gasteiger partial charge is 0.255 e. The molecule has 7 nitrogen and oxygen atoms in total. The maximum atomic E-state index is 12.7. The van der Waals surface area contributed by atoms with Crippen molar-refractivity contribution in [3.8, 4) is 11.5 Å². The molecule has 0 radical (unpaired) electrons. The van der Waals surface area contributed by atoms with Gasteiger partial charge in [-0.1, -0.05) is 6.92 Å². The Hall–Kier alpha value is -2.39. The number of nitrogens with one attached hydrogen (secondary N) is 1. The van der Waals surface area contributed by atoms with E-state index in [1.54, 1.807) is 44.6 Å². The fraction of sp³-hybridized carbons (Fsp3) is 0.458. The van der Waals surface area contributed by atoms with E-state index in [4.69, 9.17) is 14.2 Å². The summed E-state index contributed by atoms with van der Waals surface area (Å²) in [5.74, 6) is 1.09. The lowest BCUT2D eigenvalue weighted by Gasteiger charge is -2.43. The van der Waals surface area contributed by atoms with Gasteiger partial charge in [-0.3, -0.25) is 4.79 Å². The zero-order valence-corrected chi connectivity index (χ0v) is 20.3. The van der Waals surface area contributed by atoms with Gasteiger partial charge >= 0.3 is 0 Å². The molecule has 1 heterocycles. The van der Waals surface area contributed by atoms with Crippen LogP contribution in [0.25, 0.3) is 0 Å². The third-order valence-corrected chi connectivity index (χ3v) is 8.62. The summed E-state index contributed by atoms with van der Waals surface area (Å²) in [4.78, 5) is 23.5. The van der Waals surface area contributed by atoms with Crippen molar-refractivity contribution in [1.82, 2.24) is 0 Å². The Morgan fingerprint density at radius 1 is 1.19 bits per heavy atom. The van der Waals surface area contributed by atoms with E-state index in [-0.39, 0.29) is 36.2 Å². The Bertz CT molecular complexity index is 927. The summed E-state index contributed by atoms with van der Waals surface area (Å²) >= 11 is 0. The lowest BCUT2D eigenvalue weighted by molar-refractivity contribution is -0.0255. The van der Waals surface area contributed by atoms with E-state index in [2.05, 4.69) is 5.32 Å². The number of carbonyl (C=O) groups is 1. The molecule has 0 aromatic heterocycles. The van der Waals surface area contributed by atoms with Crippen LogP contribution < -0.4 is 14.8 Å². The molecule has 3 rings (SSSR count). The number of benzene rings is 2. The zero-order chi connectivity index (χ0) is 23.5. The standard InChI is InChI=1S/C24H33NO6Si/c1-15-22(30-3)19-14-17(25-24(27)16-6-9-18(29-2)10-7-16)8-11-20(19)31-23(15)21(12-13-26)32(4,5)28/h6-11,14-15,21-23,26,28H,12-13H2,1-5H3,(H,25,27)/t15-,21?,22-,23-/m1/s1. The number of methoxy groups -OCH3 is 2. The van der Waals surface area contributed by atoms with Crippen molar-refractivity contribution in [3.05, 3.63) is 53.6 Å².